The van der Waals surface area contributed by atoms with Crippen LogP contribution in [-0.4, -0.2) is 52.6 Å². The number of hydrogen-bond acceptors (Lipinski definition) is 7. The zero-order chi connectivity index (χ0) is 14.4. The van der Waals surface area contributed by atoms with Gasteiger partial charge < -0.3 is 15.5 Å². The molecule has 0 aromatic carbocycles. The first kappa shape index (κ1) is 15.2. The van der Waals surface area contributed by atoms with E-state index in [1.165, 1.54) is 12.8 Å². The number of nitrogens with zero attached hydrogens (tertiary/aromatic N) is 4. The third-order valence-corrected chi connectivity index (χ3v) is 4.27. The highest BCUT2D eigenvalue weighted by molar-refractivity contribution is 7.99. The summed E-state index contributed by atoms with van der Waals surface area (Å²) in [6.07, 6.45) is 4.54. The van der Waals surface area contributed by atoms with Crippen molar-refractivity contribution in [2.24, 2.45) is 0 Å². The molecule has 0 saturated carbocycles. The first-order valence-electron chi connectivity index (χ1n) is 7.24. The Bertz CT molecular complexity index is 421. The van der Waals surface area contributed by atoms with E-state index in [0.717, 1.165) is 32.1 Å². The van der Waals surface area contributed by atoms with Crippen LogP contribution in [0.3, 0.4) is 0 Å². The lowest BCUT2D eigenvalue weighted by molar-refractivity contribution is 0.871. The Labute approximate surface area is 125 Å². The van der Waals surface area contributed by atoms with Crippen molar-refractivity contribution >= 4 is 29.6 Å². The van der Waals surface area contributed by atoms with Crippen molar-refractivity contribution in [1.29, 1.82) is 0 Å². The number of hydrogen-bond donors (Lipinski definition) is 2. The summed E-state index contributed by atoms with van der Waals surface area (Å²) >= 11 is 1.83. The summed E-state index contributed by atoms with van der Waals surface area (Å²) in [4.78, 5) is 15.7. The molecule has 1 saturated heterocycles. The summed E-state index contributed by atoms with van der Waals surface area (Å²) in [5, 5.41) is 7.02. The molecule has 0 amide bonds. The average molecular weight is 296 g/mol. The molecule has 1 unspecified atom stereocenters. The molecule has 0 radical (unpaired) electrons. The Kier molecular flexibility index (Phi) is 5.70. The minimum atomic E-state index is 0.532. The highest BCUT2D eigenvalue weighted by Crippen LogP contribution is 2.18. The third kappa shape index (κ3) is 4.13. The van der Waals surface area contributed by atoms with Gasteiger partial charge in [-0.05, 0) is 26.0 Å². The summed E-state index contributed by atoms with van der Waals surface area (Å²) in [5.41, 5.74) is 0. The van der Waals surface area contributed by atoms with Crippen molar-refractivity contribution in [1.82, 2.24) is 15.0 Å². The van der Waals surface area contributed by atoms with Gasteiger partial charge in [0.15, 0.2) is 0 Å². The predicted molar refractivity (Wildman–Crippen MR) is 86.9 cm³/mol. The smallest absolute Gasteiger partial charge is 0.231 e. The Morgan fingerprint density at radius 3 is 2.40 bits per heavy atom. The predicted octanol–water partition coefficient (Wildman–Crippen LogP) is 2.07. The molecule has 1 aromatic heterocycles. The van der Waals surface area contributed by atoms with Crippen molar-refractivity contribution in [3.8, 4) is 0 Å². The zero-order valence-electron chi connectivity index (χ0n) is 12.5. The molecule has 1 atom stereocenters. The van der Waals surface area contributed by atoms with E-state index in [2.05, 4.69) is 43.7 Å². The molecule has 1 aromatic rings. The Morgan fingerprint density at radius 1 is 1.15 bits per heavy atom. The maximum absolute atomic E-state index is 4.55. The molecule has 6 nitrogen and oxygen atoms in total. The van der Waals surface area contributed by atoms with E-state index in [1.54, 1.807) is 0 Å². The minimum absolute atomic E-state index is 0.532. The molecule has 2 N–H and O–H groups in total. The van der Waals surface area contributed by atoms with Gasteiger partial charge in [0.1, 0.15) is 0 Å². The Hall–Kier alpha value is -1.24. The van der Waals surface area contributed by atoms with E-state index in [4.69, 9.17) is 0 Å². The lowest BCUT2D eigenvalue weighted by Crippen LogP contribution is -2.23. The number of anilines is 3. The second kappa shape index (κ2) is 7.52. The van der Waals surface area contributed by atoms with E-state index in [0.29, 0.717) is 17.1 Å². The fraction of sp³-hybridized carbons (Fsp3) is 0.769. The summed E-state index contributed by atoms with van der Waals surface area (Å²) in [6, 6.07) is 0. The normalized spacial score (nSPS) is 16.2. The van der Waals surface area contributed by atoms with E-state index < -0.39 is 0 Å². The lowest BCUT2D eigenvalue weighted by atomic mass is 10.4. The first-order chi connectivity index (χ1) is 9.72. The molecule has 2 rings (SSSR count). The van der Waals surface area contributed by atoms with Gasteiger partial charge in [-0.1, -0.05) is 6.92 Å². The van der Waals surface area contributed by atoms with Crippen LogP contribution in [0, 0.1) is 0 Å². The van der Waals surface area contributed by atoms with E-state index in [1.807, 2.05) is 18.7 Å². The molecule has 7 heteroatoms. The molecule has 1 aliphatic heterocycles. The summed E-state index contributed by atoms with van der Waals surface area (Å²) in [7, 11) is 0. The maximum atomic E-state index is 4.55. The van der Waals surface area contributed by atoms with Gasteiger partial charge >= 0.3 is 0 Å². The van der Waals surface area contributed by atoms with E-state index in [-0.39, 0.29) is 0 Å². The van der Waals surface area contributed by atoms with Gasteiger partial charge in [0, 0.05) is 31.4 Å². The van der Waals surface area contributed by atoms with Crippen molar-refractivity contribution in [2.45, 2.75) is 31.9 Å². The van der Waals surface area contributed by atoms with Crippen LogP contribution in [-0.2, 0) is 0 Å². The van der Waals surface area contributed by atoms with Gasteiger partial charge in [0.2, 0.25) is 17.8 Å². The minimum Gasteiger partial charge on any atom is -0.354 e. The Balaban J connectivity index is 2.12. The number of thioether (sulfide) groups is 1. The van der Waals surface area contributed by atoms with Gasteiger partial charge in [0.05, 0.1) is 0 Å². The molecular weight excluding hydrogens is 272 g/mol. The molecule has 112 valence electrons. The molecule has 0 bridgehead atoms. The third-order valence-electron chi connectivity index (χ3n) is 3.30. The fourth-order valence-corrected chi connectivity index (χ4v) is 2.31. The van der Waals surface area contributed by atoms with Gasteiger partial charge in [-0.3, -0.25) is 0 Å². The summed E-state index contributed by atoms with van der Waals surface area (Å²) in [5.74, 6) is 2.11. The lowest BCUT2D eigenvalue weighted by Gasteiger charge is -2.17. The molecule has 1 aliphatic rings. The zero-order valence-corrected chi connectivity index (χ0v) is 13.3. The highest BCUT2D eigenvalue weighted by atomic mass is 32.2. The standard InChI is InChI=1S/C13H24N6S/c1-4-14-11-16-12(15-9-10(2)20-3)18-13(17-11)19-7-5-6-8-19/h10H,4-9H2,1-3H3,(H2,14,15,16,17,18). The quantitative estimate of drug-likeness (QED) is 0.798. The second-order valence-corrected chi connectivity index (χ2v) is 6.21. The molecule has 0 aliphatic carbocycles. The average Bonchev–Trinajstić information content (AvgIpc) is 2.99. The van der Waals surface area contributed by atoms with Crippen molar-refractivity contribution in [3.05, 3.63) is 0 Å². The molecule has 1 fully saturated rings. The SMILES string of the molecule is CCNc1nc(NCC(C)SC)nc(N2CCCC2)n1. The van der Waals surface area contributed by atoms with Gasteiger partial charge in [-0.25, -0.2) is 0 Å². The molecule has 0 spiro atoms. The van der Waals surface area contributed by atoms with Crippen molar-refractivity contribution < 1.29 is 0 Å². The van der Waals surface area contributed by atoms with Gasteiger partial charge in [-0.2, -0.15) is 26.7 Å². The largest absolute Gasteiger partial charge is 0.354 e. The van der Waals surface area contributed by atoms with Crippen LogP contribution in [0.15, 0.2) is 0 Å². The highest BCUT2D eigenvalue weighted by Gasteiger charge is 2.17. The van der Waals surface area contributed by atoms with Gasteiger partial charge in [0.25, 0.3) is 0 Å². The van der Waals surface area contributed by atoms with Crippen LogP contribution >= 0.6 is 11.8 Å². The van der Waals surface area contributed by atoms with Crippen LogP contribution in [0.1, 0.15) is 26.7 Å². The van der Waals surface area contributed by atoms with Crippen molar-refractivity contribution in [2.75, 3.05) is 48.0 Å². The number of rotatable bonds is 7. The fourth-order valence-electron chi connectivity index (χ4n) is 2.06. The van der Waals surface area contributed by atoms with Crippen LogP contribution in [0.4, 0.5) is 17.8 Å². The van der Waals surface area contributed by atoms with Crippen LogP contribution in [0.5, 0.6) is 0 Å². The van der Waals surface area contributed by atoms with Crippen LogP contribution in [0.25, 0.3) is 0 Å². The summed E-state index contributed by atoms with van der Waals surface area (Å²) in [6.45, 7) is 7.97. The first-order valence-corrected chi connectivity index (χ1v) is 8.53. The molecular formula is C13H24N6S. The number of nitrogens with one attached hydrogen (secondary N) is 2. The number of aromatic nitrogens is 3. The Morgan fingerprint density at radius 2 is 1.80 bits per heavy atom. The monoisotopic (exact) mass is 296 g/mol. The topological polar surface area (TPSA) is 66.0 Å². The maximum Gasteiger partial charge on any atom is 0.231 e. The van der Waals surface area contributed by atoms with Gasteiger partial charge in [-0.15, -0.1) is 0 Å². The second-order valence-electron chi connectivity index (χ2n) is 4.93. The summed E-state index contributed by atoms with van der Waals surface area (Å²) < 4.78 is 0. The molecule has 2 heterocycles. The van der Waals surface area contributed by atoms with Crippen molar-refractivity contribution in [3.63, 3.8) is 0 Å². The van der Waals surface area contributed by atoms with Crippen LogP contribution < -0.4 is 15.5 Å². The van der Waals surface area contributed by atoms with Crippen LogP contribution in [0.2, 0.25) is 0 Å². The van der Waals surface area contributed by atoms with E-state index >= 15 is 0 Å². The van der Waals surface area contributed by atoms with E-state index in [9.17, 15) is 0 Å². The molecule has 20 heavy (non-hydrogen) atoms.